The highest BCUT2D eigenvalue weighted by molar-refractivity contribution is 6.44. The van der Waals surface area contributed by atoms with Crippen molar-refractivity contribution in [3.05, 3.63) is 88.7 Å². The maximum absolute atomic E-state index is 6.49. The molecule has 3 aromatic heterocycles. The predicted molar refractivity (Wildman–Crippen MR) is 196 cm³/mol. The van der Waals surface area contributed by atoms with Gasteiger partial charge in [0.2, 0.25) is 0 Å². The SMILES string of the molecule is Clc1cc2c(cc1Cl)-c1nc-2nc2[nH]c(nc3nc(nc4[nH]c(n1)c1cc(Cl)c(Cl)cc41)-c1cc(Cl)c(Cl)cc1-3)c1cc(Cl)c(Cl)cc21. The van der Waals surface area contributed by atoms with Gasteiger partial charge in [-0.3, -0.25) is 0 Å². The average molecular weight is 790 g/mol. The fourth-order valence-electron chi connectivity index (χ4n) is 5.76. The van der Waals surface area contributed by atoms with Crippen molar-refractivity contribution in [2.45, 2.75) is 0 Å². The maximum Gasteiger partial charge on any atom is 0.164 e. The van der Waals surface area contributed by atoms with E-state index in [4.69, 9.17) is 123 Å². The number of nitrogens with one attached hydrogen (secondary N) is 2. The first-order chi connectivity index (χ1) is 23.0. The molecule has 0 amide bonds. The summed E-state index contributed by atoms with van der Waals surface area (Å²) in [5, 5.41) is 5.14. The van der Waals surface area contributed by atoms with E-state index in [1.807, 2.05) is 0 Å². The lowest BCUT2D eigenvalue weighted by Crippen LogP contribution is -1.84. The third-order valence-corrected chi connectivity index (χ3v) is 10.9. The minimum absolute atomic E-state index is 0.317. The zero-order valence-electron chi connectivity index (χ0n) is 23.3. The number of halogens is 8. The van der Waals surface area contributed by atoms with Gasteiger partial charge in [-0.25, -0.2) is 29.9 Å². The molecule has 5 heterocycles. The third kappa shape index (κ3) is 4.74. The molecule has 0 unspecified atom stereocenters. The van der Waals surface area contributed by atoms with Crippen LogP contribution in [0, 0.1) is 0 Å². The van der Waals surface area contributed by atoms with Crippen LogP contribution in [0.5, 0.6) is 0 Å². The van der Waals surface area contributed by atoms with Crippen LogP contribution in [0.1, 0.15) is 0 Å². The van der Waals surface area contributed by atoms with E-state index in [0.717, 1.165) is 0 Å². The van der Waals surface area contributed by atoms with Gasteiger partial charge in [0.1, 0.15) is 22.6 Å². The summed E-state index contributed by atoms with van der Waals surface area (Å²) in [6.45, 7) is 0. The summed E-state index contributed by atoms with van der Waals surface area (Å²) in [7, 11) is 0. The second kappa shape index (κ2) is 11.0. The molecule has 0 aliphatic carbocycles. The highest BCUT2D eigenvalue weighted by atomic mass is 35.5. The van der Waals surface area contributed by atoms with Crippen LogP contribution >= 0.6 is 92.8 Å². The van der Waals surface area contributed by atoms with Gasteiger partial charge in [-0.05, 0) is 48.5 Å². The minimum Gasteiger partial charge on any atom is -0.324 e. The first-order valence-electron chi connectivity index (χ1n) is 13.8. The van der Waals surface area contributed by atoms with E-state index in [1.165, 1.54) is 0 Å². The van der Waals surface area contributed by atoms with Crippen molar-refractivity contribution in [3.63, 3.8) is 0 Å². The molecule has 48 heavy (non-hydrogen) atoms. The monoisotopic (exact) mass is 786 g/mol. The second-order valence-corrected chi connectivity index (χ2v) is 14.1. The first kappa shape index (κ1) is 30.6. The molecule has 0 spiro atoms. The van der Waals surface area contributed by atoms with Crippen LogP contribution in [-0.4, -0.2) is 39.9 Å². The van der Waals surface area contributed by atoms with Crippen molar-refractivity contribution in [1.82, 2.24) is 39.9 Å². The molecule has 7 aromatic rings. The molecular formula is C32H10Cl8N8. The molecule has 2 aliphatic heterocycles. The van der Waals surface area contributed by atoms with E-state index >= 15 is 0 Å². The lowest BCUT2D eigenvalue weighted by atomic mass is 10.1. The van der Waals surface area contributed by atoms with Gasteiger partial charge in [-0.15, -0.1) is 0 Å². The number of H-pyrrole nitrogens is 2. The van der Waals surface area contributed by atoms with Crippen LogP contribution in [0.3, 0.4) is 0 Å². The van der Waals surface area contributed by atoms with Gasteiger partial charge in [0.25, 0.3) is 0 Å². The Bertz CT molecular complexity index is 2420. The fourth-order valence-corrected chi connectivity index (χ4v) is 7.07. The number of hydrogen-bond donors (Lipinski definition) is 2. The smallest absolute Gasteiger partial charge is 0.164 e. The van der Waals surface area contributed by atoms with Gasteiger partial charge < -0.3 is 9.97 Å². The Morgan fingerprint density at radius 2 is 0.500 bits per heavy atom. The van der Waals surface area contributed by atoms with Crippen molar-refractivity contribution in [3.8, 4) is 45.6 Å². The average Bonchev–Trinajstić information content (AvgIpc) is 3.74. The van der Waals surface area contributed by atoms with Crippen LogP contribution in [0.25, 0.3) is 89.7 Å². The van der Waals surface area contributed by atoms with Crippen molar-refractivity contribution in [1.29, 1.82) is 0 Å². The Hall–Kier alpha value is -3.44. The fraction of sp³-hybridized carbons (Fsp3) is 0. The van der Waals surface area contributed by atoms with Gasteiger partial charge in [-0.2, -0.15) is 0 Å². The van der Waals surface area contributed by atoms with Gasteiger partial charge in [-0.1, -0.05) is 92.8 Å². The Morgan fingerprint density at radius 1 is 0.292 bits per heavy atom. The lowest BCUT2D eigenvalue weighted by molar-refractivity contribution is 1.19. The molecule has 0 saturated carbocycles. The molecule has 0 atom stereocenters. The molecule has 8 nitrogen and oxygen atoms in total. The largest absolute Gasteiger partial charge is 0.324 e. The van der Waals surface area contributed by atoms with E-state index < -0.39 is 0 Å². The second-order valence-electron chi connectivity index (χ2n) is 10.9. The molecule has 9 rings (SSSR count). The quantitative estimate of drug-likeness (QED) is 0.158. The van der Waals surface area contributed by atoms with Gasteiger partial charge in [0.05, 0.1) is 40.2 Å². The molecule has 2 N–H and O–H groups in total. The first-order valence-corrected chi connectivity index (χ1v) is 16.8. The number of hydrogen-bond acceptors (Lipinski definition) is 6. The topological polar surface area (TPSA) is 109 Å². The summed E-state index contributed by atoms with van der Waals surface area (Å²) >= 11 is 51.9. The normalized spacial score (nSPS) is 12.2. The highest BCUT2D eigenvalue weighted by Crippen LogP contribution is 2.42. The molecule has 0 radical (unpaired) electrons. The zero-order chi connectivity index (χ0) is 33.2. The number of fused-ring (bicyclic) bond motifs is 20. The van der Waals surface area contributed by atoms with E-state index in [1.54, 1.807) is 48.5 Å². The lowest BCUT2D eigenvalue weighted by Gasteiger charge is -2.01. The molecule has 0 saturated heterocycles. The number of aromatic nitrogens is 8. The molecule has 2 aliphatic rings. The minimum atomic E-state index is 0.317. The summed E-state index contributed by atoms with van der Waals surface area (Å²) in [6, 6.07) is 13.6. The van der Waals surface area contributed by atoms with Crippen LogP contribution in [0.15, 0.2) is 48.5 Å². The third-order valence-electron chi connectivity index (χ3n) is 7.99. The molecule has 0 fully saturated rings. The van der Waals surface area contributed by atoms with E-state index in [-0.39, 0.29) is 0 Å². The standard InChI is InChI=1S/C32H10Cl8N8/c33-17-1-9-10(2-18(17)34)26-41-25(9)45-27-11-3-19(35)20(36)4-12(11)29(42-27)47-31-15-7-23(39)24(40)8-16(15)32(44-31)48-30-14-6-22(38)21(37)5-13(14)28(43-30)46-26/h1-8H,(H2,41,42,43,44,45,46,47,48). The maximum atomic E-state index is 6.49. The van der Waals surface area contributed by atoms with E-state index in [2.05, 4.69) is 9.97 Å². The predicted octanol–water partition coefficient (Wildman–Crippen LogP) is 12.1. The van der Waals surface area contributed by atoms with Crippen molar-refractivity contribution in [2.24, 2.45) is 0 Å². The summed E-state index contributed by atoms with van der Waals surface area (Å²) in [6.07, 6.45) is 0. The van der Waals surface area contributed by atoms with E-state index in [0.29, 0.717) is 130 Å². The van der Waals surface area contributed by atoms with Gasteiger partial charge in [0, 0.05) is 43.8 Å². The molecular weight excluding hydrogens is 780 g/mol. The number of benzene rings is 4. The van der Waals surface area contributed by atoms with Crippen LogP contribution in [-0.2, 0) is 0 Å². The Morgan fingerprint density at radius 3 is 0.729 bits per heavy atom. The molecule has 4 aromatic carbocycles. The van der Waals surface area contributed by atoms with Crippen molar-refractivity contribution < 1.29 is 0 Å². The summed E-state index contributed by atoms with van der Waals surface area (Å²) < 4.78 is 0. The summed E-state index contributed by atoms with van der Waals surface area (Å²) in [4.78, 5) is 36.0. The Kier molecular flexibility index (Phi) is 7.04. The van der Waals surface area contributed by atoms with Crippen LogP contribution < -0.4 is 0 Å². The van der Waals surface area contributed by atoms with E-state index in [9.17, 15) is 0 Å². The van der Waals surface area contributed by atoms with Crippen LogP contribution in [0.2, 0.25) is 40.2 Å². The molecule has 8 bridgehead atoms. The van der Waals surface area contributed by atoms with Crippen molar-refractivity contribution in [2.75, 3.05) is 0 Å². The van der Waals surface area contributed by atoms with Gasteiger partial charge in [0.15, 0.2) is 23.3 Å². The Labute approximate surface area is 309 Å². The highest BCUT2D eigenvalue weighted by Gasteiger charge is 2.25. The van der Waals surface area contributed by atoms with Crippen molar-refractivity contribution >= 4 is 137 Å². The van der Waals surface area contributed by atoms with Crippen LogP contribution in [0.4, 0.5) is 0 Å². The number of aromatic amines is 2. The molecule has 234 valence electrons. The number of rotatable bonds is 0. The Balaban J connectivity index is 1.52. The summed E-state index contributed by atoms with van der Waals surface area (Å²) in [5.74, 6) is 1.27. The zero-order valence-corrected chi connectivity index (χ0v) is 29.4. The summed E-state index contributed by atoms with van der Waals surface area (Å²) in [5.41, 5.74) is 4.05. The van der Waals surface area contributed by atoms with Gasteiger partial charge >= 0.3 is 0 Å². The molecule has 16 heteroatoms. The number of nitrogens with zero attached hydrogens (tertiary/aromatic N) is 6.